The molecule has 3 aromatic carbocycles. The number of rotatable bonds is 10. The van der Waals surface area contributed by atoms with Gasteiger partial charge in [0, 0.05) is 29.2 Å². The first-order valence-corrected chi connectivity index (χ1v) is 13.8. The molecular formula is C28H29ClN2O7S. The maximum atomic E-state index is 13.3. The summed E-state index contributed by atoms with van der Waals surface area (Å²) >= 11 is 6.21. The topological polar surface area (TPSA) is 130 Å². The Kier molecular flexibility index (Phi) is 9.63. The zero-order valence-electron chi connectivity index (χ0n) is 21.7. The summed E-state index contributed by atoms with van der Waals surface area (Å²) in [6.07, 6.45) is 0.321. The Labute approximate surface area is 232 Å². The molecule has 0 aliphatic heterocycles. The predicted octanol–water partition coefficient (Wildman–Crippen LogP) is 4.04. The molecule has 0 aromatic heterocycles. The molecule has 39 heavy (non-hydrogen) atoms. The lowest BCUT2D eigenvalue weighted by atomic mass is 10.0. The monoisotopic (exact) mass is 572 g/mol. The minimum atomic E-state index is -3.81. The fourth-order valence-corrected chi connectivity index (χ4v) is 5.00. The molecule has 0 atom stereocenters. The predicted molar refractivity (Wildman–Crippen MR) is 148 cm³/mol. The minimum Gasteiger partial charge on any atom is -0.462 e. The number of carbonyl (C=O) groups excluding carboxylic acids is 3. The molecule has 2 N–H and O–H groups in total. The summed E-state index contributed by atoms with van der Waals surface area (Å²) in [5, 5.41) is 10.0. The number of para-hydroxylation sites is 1. The highest BCUT2D eigenvalue weighted by Crippen LogP contribution is 2.32. The lowest BCUT2D eigenvalue weighted by Crippen LogP contribution is -2.38. The average molecular weight is 573 g/mol. The Hall–Kier alpha value is -3.57. The second kappa shape index (κ2) is 12.5. The zero-order chi connectivity index (χ0) is 28.8. The number of sulfonamides is 1. The van der Waals surface area contributed by atoms with Crippen LogP contribution in [0.5, 0.6) is 0 Å². The number of anilines is 2. The van der Waals surface area contributed by atoms with Gasteiger partial charge in [0.2, 0.25) is 10.0 Å². The number of aliphatic hydroxyl groups is 1. The van der Waals surface area contributed by atoms with E-state index in [1.807, 2.05) is 0 Å². The van der Waals surface area contributed by atoms with Crippen LogP contribution in [0.4, 0.5) is 11.4 Å². The lowest BCUT2D eigenvalue weighted by molar-refractivity contribution is -0.151. The van der Waals surface area contributed by atoms with E-state index >= 15 is 0 Å². The van der Waals surface area contributed by atoms with E-state index in [1.54, 1.807) is 42.5 Å². The lowest BCUT2D eigenvalue weighted by Gasteiger charge is -2.24. The van der Waals surface area contributed by atoms with Gasteiger partial charge < -0.3 is 9.84 Å². The number of nitrogens with zero attached hydrogens (tertiary/aromatic N) is 1. The number of amides is 1. The number of aryl methyl sites for hydroxylation is 1. The molecule has 3 aromatic rings. The van der Waals surface area contributed by atoms with Gasteiger partial charge in [0.05, 0.1) is 23.3 Å². The first-order chi connectivity index (χ1) is 18.3. The zero-order valence-corrected chi connectivity index (χ0v) is 23.3. The van der Waals surface area contributed by atoms with Crippen LogP contribution in [0, 0.1) is 0 Å². The average Bonchev–Trinajstić information content (AvgIpc) is 2.91. The van der Waals surface area contributed by atoms with E-state index in [0.29, 0.717) is 11.3 Å². The van der Waals surface area contributed by atoms with Crippen LogP contribution in [-0.2, 0) is 30.8 Å². The molecular weight excluding hydrogens is 544 g/mol. The van der Waals surface area contributed by atoms with Crippen molar-refractivity contribution in [3.8, 4) is 0 Å². The molecule has 0 fully saturated rings. The first-order valence-electron chi connectivity index (χ1n) is 11.9. The summed E-state index contributed by atoms with van der Waals surface area (Å²) in [6.45, 7) is 2.84. The Morgan fingerprint density at radius 2 is 1.64 bits per heavy atom. The second-order valence-electron chi connectivity index (χ2n) is 9.33. The number of esters is 1. The number of ketones is 1. The van der Waals surface area contributed by atoms with Crippen molar-refractivity contribution in [3.05, 3.63) is 88.9 Å². The number of halogens is 1. The van der Waals surface area contributed by atoms with E-state index in [-0.39, 0.29) is 46.3 Å². The molecule has 0 spiro atoms. The molecule has 0 saturated heterocycles. The van der Waals surface area contributed by atoms with Crippen LogP contribution in [0.1, 0.15) is 36.2 Å². The van der Waals surface area contributed by atoms with E-state index in [9.17, 15) is 27.9 Å². The van der Waals surface area contributed by atoms with Gasteiger partial charge in [-0.1, -0.05) is 41.9 Å². The fourth-order valence-electron chi connectivity index (χ4n) is 3.63. The normalized spacial score (nSPS) is 11.6. The number of benzene rings is 3. The minimum absolute atomic E-state index is 0.0293. The maximum absolute atomic E-state index is 13.3. The van der Waals surface area contributed by atoms with E-state index in [2.05, 4.69) is 9.46 Å². The van der Waals surface area contributed by atoms with Crippen molar-refractivity contribution in [2.75, 3.05) is 18.6 Å². The molecule has 0 heterocycles. The van der Waals surface area contributed by atoms with E-state index < -0.39 is 27.5 Å². The van der Waals surface area contributed by atoms with Gasteiger partial charge in [0.15, 0.2) is 5.78 Å². The molecule has 0 saturated carbocycles. The van der Waals surface area contributed by atoms with Gasteiger partial charge in [0.25, 0.3) is 0 Å². The molecule has 1 amide bonds. The quantitative estimate of drug-likeness (QED) is 0.213. The van der Waals surface area contributed by atoms with Crippen LogP contribution in [0.25, 0.3) is 0 Å². The summed E-state index contributed by atoms with van der Waals surface area (Å²) in [6, 6.07) is 18.8. The van der Waals surface area contributed by atoms with Crippen molar-refractivity contribution >= 4 is 50.7 Å². The van der Waals surface area contributed by atoms with Gasteiger partial charge in [-0.25, -0.2) is 17.9 Å². The van der Waals surface area contributed by atoms with Crippen LogP contribution < -0.4 is 9.62 Å². The Balaban J connectivity index is 1.84. The Morgan fingerprint density at radius 3 is 2.23 bits per heavy atom. The summed E-state index contributed by atoms with van der Waals surface area (Å²) in [7, 11) is -2.72. The van der Waals surface area contributed by atoms with Gasteiger partial charge in [-0.3, -0.25) is 14.5 Å². The molecule has 0 radical (unpaired) electrons. The van der Waals surface area contributed by atoms with Crippen LogP contribution in [0.3, 0.4) is 0 Å². The van der Waals surface area contributed by atoms with Gasteiger partial charge >= 0.3 is 11.9 Å². The molecule has 0 unspecified atom stereocenters. The van der Waals surface area contributed by atoms with Crippen LogP contribution in [0.15, 0.2) is 77.7 Å². The molecule has 11 heteroatoms. The van der Waals surface area contributed by atoms with E-state index in [0.717, 1.165) is 12.0 Å². The number of nitrogens with one attached hydrogen (secondary N) is 1. The standard InChI is InChI=1S/C28H29ClN2O7S/c1-28(2,35)18-30-39(36,37)22-13-9-19(10-14-22)11-16-25(32)23-15-12-20(29)17-24(23)31(26(33)27(34)38-3)21-7-5-4-6-8-21/h4-10,12-15,17,30,35H,11,16,18H2,1-3H3. The maximum Gasteiger partial charge on any atom is 0.397 e. The summed E-state index contributed by atoms with van der Waals surface area (Å²) in [5.41, 5.74) is 0.167. The summed E-state index contributed by atoms with van der Waals surface area (Å²) in [5.74, 6) is -2.41. The Bertz CT molecular complexity index is 1450. The van der Waals surface area contributed by atoms with Gasteiger partial charge in [-0.2, -0.15) is 0 Å². The summed E-state index contributed by atoms with van der Waals surface area (Å²) in [4.78, 5) is 39.6. The van der Waals surface area contributed by atoms with Gasteiger partial charge in [0.1, 0.15) is 0 Å². The number of Topliss-reactive ketones (excluding diaryl/α,β-unsaturated/α-hetero) is 1. The molecule has 206 valence electrons. The fraction of sp³-hybridized carbons (Fsp3) is 0.250. The molecule has 0 bridgehead atoms. The highest BCUT2D eigenvalue weighted by molar-refractivity contribution is 7.89. The summed E-state index contributed by atoms with van der Waals surface area (Å²) < 4.78 is 31.9. The van der Waals surface area contributed by atoms with E-state index in [4.69, 9.17) is 11.6 Å². The van der Waals surface area contributed by atoms with Crippen molar-refractivity contribution in [2.24, 2.45) is 0 Å². The number of hydrogen-bond acceptors (Lipinski definition) is 7. The molecule has 3 rings (SSSR count). The molecule has 9 nitrogen and oxygen atoms in total. The van der Waals surface area contributed by atoms with Gasteiger partial charge in [-0.15, -0.1) is 0 Å². The van der Waals surface area contributed by atoms with Gasteiger partial charge in [-0.05, 0) is 68.3 Å². The largest absolute Gasteiger partial charge is 0.462 e. The third-order valence-corrected chi connectivity index (χ3v) is 7.30. The molecule has 0 aliphatic rings. The van der Waals surface area contributed by atoms with Crippen molar-refractivity contribution in [1.29, 1.82) is 0 Å². The number of carbonyl (C=O) groups is 3. The van der Waals surface area contributed by atoms with Crippen molar-refractivity contribution < 1.29 is 32.6 Å². The Morgan fingerprint density at radius 1 is 1.00 bits per heavy atom. The van der Waals surface area contributed by atoms with Crippen molar-refractivity contribution in [2.45, 2.75) is 37.2 Å². The van der Waals surface area contributed by atoms with Crippen LogP contribution in [-0.4, -0.2) is 50.4 Å². The van der Waals surface area contributed by atoms with Crippen LogP contribution in [0.2, 0.25) is 5.02 Å². The van der Waals surface area contributed by atoms with E-state index in [1.165, 1.54) is 44.2 Å². The van der Waals surface area contributed by atoms with Crippen molar-refractivity contribution in [1.82, 2.24) is 4.72 Å². The highest BCUT2D eigenvalue weighted by Gasteiger charge is 2.29. The number of methoxy groups -OCH3 is 1. The number of hydrogen-bond donors (Lipinski definition) is 2. The third-order valence-electron chi connectivity index (χ3n) is 5.65. The van der Waals surface area contributed by atoms with Crippen molar-refractivity contribution in [3.63, 3.8) is 0 Å². The SMILES string of the molecule is COC(=O)C(=O)N(c1ccccc1)c1cc(Cl)ccc1C(=O)CCc1ccc(S(=O)(=O)NCC(C)(C)O)cc1. The molecule has 0 aliphatic carbocycles. The number of ether oxygens (including phenoxy) is 1. The third kappa shape index (κ3) is 7.96. The smallest absolute Gasteiger partial charge is 0.397 e. The van der Waals surface area contributed by atoms with Crippen LogP contribution >= 0.6 is 11.6 Å². The second-order valence-corrected chi connectivity index (χ2v) is 11.5. The highest BCUT2D eigenvalue weighted by atomic mass is 35.5. The first kappa shape index (κ1) is 30.0.